The molecule has 0 bridgehead atoms. The summed E-state index contributed by atoms with van der Waals surface area (Å²) in [6.07, 6.45) is 0.346. The second-order valence-corrected chi connectivity index (χ2v) is 6.33. The van der Waals surface area contributed by atoms with E-state index >= 15 is 0 Å². The number of nitrogens with one attached hydrogen (secondary N) is 1. The first kappa shape index (κ1) is 18.6. The van der Waals surface area contributed by atoms with Gasteiger partial charge in [0.25, 0.3) is 0 Å². The van der Waals surface area contributed by atoms with Gasteiger partial charge in [0.15, 0.2) is 11.9 Å². The second kappa shape index (κ2) is 7.92. The van der Waals surface area contributed by atoms with Crippen LogP contribution in [0.1, 0.15) is 60.6 Å². The van der Waals surface area contributed by atoms with Crippen molar-refractivity contribution in [3.05, 3.63) is 46.6 Å². The highest BCUT2D eigenvalue weighted by Crippen LogP contribution is 2.21. The number of benzene rings is 1. The third kappa shape index (κ3) is 4.65. The van der Waals surface area contributed by atoms with Crippen LogP contribution in [0.3, 0.4) is 0 Å². The van der Waals surface area contributed by atoms with Crippen molar-refractivity contribution in [3.63, 3.8) is 0 Å². The van der Waals surface area contributed by atoms with Gasteiger partial charge in [0.05, 0.1) is 0 Å². The summed E-state index contributed by atoms with van der Waals surface area (Å²) in [4.78, 5) is 28.0. The molecule has 2 N–H and O–H groups in total. The highest BCUT2D eigenvalue weighted by atomic mass is 16.5. The number of hydrogen-bond acceptors (Lipinski definition) is 5. The maximum Gasteiger partial charge on any atom is 0.330 e. The Bertz CT molecular complexity index is 767. The van der Waals surface area contributed by atoms with E-state index in [0.29, 0.717) is 17.3 Å². The van der Waals surface area contributed by atoms with Gasteiger partial charge in [-0.2, -0.15) is 4.98 Å². The van der Waals surface area contributed by atoms with Gasteiger partial charge in [0.2, 0.25) is 11.8 Å². The molecule has 0 saturated carbocycles. The molecule has 0 radical (unpaired) electrons. The van der Waals surface area contributed by atoms with Crippen LogP contribution in [0.5, 0.6) is 0 Å². The van der Waals surface area contributed by atoms with Crippen LogP contribution >= 0.6 is 0 Å². The summed E-state index contributed by atoms with van der Waals surface area (Å²) in [5.41, 5.74) is 2.42. The second-order valence-electron chi connectivity index (χ2n) is 6.33. The summed E-state index contributed by atoms with van der Waals surface area (Å²) in [6, 6.07) is 4.32. The molecule has 0 aliphatic carbocycles. The maximum absolute atomic E-state index is 12.2. The smallest absolute Gasteiger partial charge is 0.330 e. The van der Waals surface area contributed by atoms with E-state index in [4.69, 9.17) is 4.52 Å². The van der Waals surface area contributed by atoms with Gasteiger partial charge in [-0.1, -0.05) is 37.2 Å². The van der Waals surface area contributed by atoms with Crippen LogP contribution in [0.4, 0.5) is 0 Å². The van der Waals surface area contributed by atoms with E-state index in [1.807, 2.05) is 33.8 Å². The zero-order valence-corrected chi connectivity index (χ0v) is 14.9. The lowest BCUT2D eigenvalue weighted by Gasteiger charge is -2.18. The van der Waals surface area contributed by atoms with Gasteiger partial charge in [-0.25, -0.2) is 4.79 Å². The Morgan fingerprint density at radius 2 is 2.00 bits per heavy atom. The van der Waals surface area contributed by atoms with Crippen LogP contribution in [0, 0.1) is 13.8 Å². The molecule has 1 aromatic heterocycles. The number of aryl methyl sites for hydroxylation is 2. The summed E-state index contributed by atoms with van der Waals surface area (Å²) in [6.45, 7) is 7.64. The Kier molecular flexibility index (Phi) is 5.90. The Morgan fingerprint density at radius 3 is 2.60 bits per heavy atom. The Labute approximate surface area is 146 Å². The summed E-state index contributed by atoms with van der Waals surface area (Å²) in [5, 5.41) is 15.9. The van der Waals surface area contributed by atoms with E-state index in [0.717, 1.165) is 11.1 Å². The van der Waals surface area contributed by atoms with Crippen LogP contribution in [0.2, 0.25) is 0 Å². The first-order valence-corrected chi connectivity index (χ1v) is 8.20. The third-order valence-corrected chi connectivity index (χ3v) is 4.08. The van der Waals surface area contributed by atoms with Crippen molar-refractivity contribution in [3.8, 4) is 0 Å². The lowest BCUT2D eigenvalue weighted by atomic mass is 9.97. The number of amides is 1. The summed E-state index contributed by atoms with van der Waals surface area (Å²) < 4.78 is 5.09. The molecule has 0 fully saturated rings. The highest BCUT2D eigenvalue weighted by Gasteiger charge is 2.24. The number of rotatable bonds is 7. The lowest BCUT2D eigenvalue weighted by Crippen LogP contribution is -2.34. The predicted molar refractivity (Wildman–Crippen MR) is 91.1 cm³/mol. The van der Waals surface area contributed by atoms with Crippen LogP contribution in [0.25, 0.3) is 0 Å². The molecular formula is C18H23N3O4. The van der Waals surface area contributed by atoms with Gasteiger partial charge in [0, 0.05) is 18.8 Å². The molecule has 7 heteroatoms. The fourth-order valence-electron chi connectivity index (χ4n) is 2.42. The zero-order valence-electron chi connectivity index (χ0n) is 14.9. The topological polar surface area (TPSA) is 105 Å². The minimum atomic E-state index is -1.10. The molecule has 2 aromatic rings. The average molecular weight is 345 g/mol. The standard InChI is InChI=1S/C18H23N3O4/c1-10(2)17-20-15(25-21-17)9-8-14(22)19-16(18(23)24)13-7-5-6-11(3)12(13)4/h5-7,10,16H,8-9H2,1-4H3,(H,19,22)(H,23,24). The van der Waals surface area contributed by atoms with Crippen LogP contribution in [0.15, 0.2) is 22.7 Å². The van der Waals surface area contributed by atoms with Crippen molar-refractivity contribution in [1.29, 1.82) is 0 Å². The fourth-order valence-corrected chi connectivity index (χ4v) is 2.42. The molecular weight excluding hydrogens is 322 g/mol. The minimum Gasteiger partial charge on any atom is -0.479 e. The largest absolute Gasteiger partial charge is 0.479 e. The van der Waals surface area contributed by atoms with Gasteiger partial charge >= 0.3 is 5.97 Å². The molecule has 0 saturated heterocycles. The number of carbonyl (C=O) groups excluding carboxylic acids is 1. The molecule has 2 rings (SSSR count). The molecule has 1 amide bonds. The molecule has 0 spiro atoms. The maximum atomic E-state index is 12.2. The highest BCUT2D eigenvalue weighted by molar-refractivity contribution is 5.85. The first-order chi connectivity index (χ1) is 11.8. The molecule has 1 aromatic carbocycles. The van der Waals surface area contributed by atoms with E-state index in [1.165, 1.54) is 0 Å². The molecule has 7 nitrogen and oxygen atoms in total. The Morgan fingerprint density at radius 1 is 1.28 bits per heavy atom. The summed E-state index contributed by atoms with van der Waals surface area (Å²) in [5.74, 6) is -0.363. The van der Waals surface area contributed by atoms with Crippen molar-refractivity contribution in [2.24, 2.45) is 0 Å². The van der Waals surface area contributed by atoms with Crippen molar-refractivity contribution >= 4 is 11.9 Å². The van der Waals surface area contributed by atoms with Gasteiger partial charge < -0.3 is 14.9 Å². The fraction of sp³-hybridized carbons (Fsp3) is 0.444. The first-order valence-electron chi connectivity index (χ1n) is 8.20. The Balaban J connectivity index is 2.03. The van der Waals surface area contributed by atoms with Gasteiger partial charge in [-0.05, 0) is 30.5 Å². The monoisotopic (exact) mass is 345 g/mol. The van der Waals surface area contributed by atoms with Crippen LogP contribution in [-0.4, -0.2) is 27.1 Å². The minimum absolute atomic E-state index is 0.0777. The van der Waals surface area contributed by atoms with Crippen molar-refractivity contribution in [1.82, 2.24) is 15.5 Å². The van der Waals surface area contributed by atoms with E-state index in [9.17, 15) is 14.7 Å². The zero-order chi connectivity index (χ0) is 18.6. The van der Waals surface area contributed by atoms with Crippen LogP contribution < -0.4 is 5.32 Å². The third-order valence-electron chi connectivity index (χ3n) is 4.08. The Hall–Kier alpha value is -2.70. The normalized spacial score (nSPS) is 12.2. The SMILES string of the molecule is Cc1cccc(C(NC(=O)CCc2nc(C(C)C)no2)C(=O)O)c1C. The molecule has 1 atom stereocenters. The number of hydrogen-bond donors (Lipinski definition) is 2. The van der Waals surface area contributed by atoms with E-state index in [2.05, 4.69) is 15.5 Å². The van der Waals surface area contributed by atoms with Gasteiger partial charge in [-0.15, -0.1) is 0 Å². The number of nitrogens with zero attached hydrogens (tertiary/aromatic N) is 2. The van der Waals surface area contributed by atoms with E-state index in [-0.39, 0.29) is 24.7 Å². The molecule has 25 heavy (non-hydrogen) atoms. The molecule has 134 valence electrons. The predicted octanol–water partition coefficient (Wildman–Crippen LogP) is 2.68. The van der Waals surface area contributed by atoms with Gasteiger partial charge in [-0.3, -0.25) is 4.79 Å². The molecule has 0 aliphatic heterocycles. The van der Waals surface area contributed by atoms with Crippen LogP contribution in [-0.2, 0) is 16.0 Å². The molecule has 0 aliphatic rings. The van der Waals surface area contributed by atoms with E-state index in [1.54, 1.807) is 12.1 Å². The number of aliphatic carboxylic acids is 1. The number of carboxylic acids is 1. The number of carboxylic acid groups (broad SMARTS) is 1. The number of aromatic nitrogens is 2. The van der Waals surface area contributed by atoms with Gasteiger partial charge in [0.1, 0.15) is 0 Å². The van der Waals surface area contributed by atoms with Crippen molar-refractivity contribution < 1.29 is 19.2 Å². The van der Waals surface area contributed by atoms with E-state index < -0.39 is 12.0 Å². The summed E-state index contributed by atoms with van der Waals surface area (Å²) in [7, 11) is 0. The number of carbonyl (C=O) groups is 2. The lowest BCUT2D eigenvalue weighted by molar-refractivity contribution is -0.142. The summed E-state index contributed by atoms with van der Waals surface area (Å²) >= 11 is 0. The van der Waals surface area contributed by atoms with Crippen molar-refractivity contribution in [2.75, 3.05) is 0 Å². The molecule has 1 unspecified atom stereocenters. The van der Waals surface area contributed by atoms with Crippen molar-refractivity contribution in [2.45, 2.75) is 52.5 Å². The average Bonchev–Trinajstić information content (AvgIpc) is 3.03. The quantitative estimate of drug-likeness (QED) is 0.799. The molecule has 1 heterocycles.